The monoisotopic (exact) mass is 454 g/mol. The van der Waals surface area contributed by atoms with Gasteiger partial charge in [-0.05, 0) is 47.4 Å². The van der Waals surface area contributed by atoms with Crippen molar-refractivity contribution in [3.63, 3.8) is 0 Å². The van der Waals surface area contributed by atoms with Gasteiger partial charge >= 0.3 is 0 Å². The molecule has 32 heavy (non-hydrogen) atoms. The maximum atomic E-state index is 13.5. The summed E-state index contributed by atoms with van der Waals surface area (Å²) in [6.45, 7) is 6.22. The minimum absolute atomic E-state index is 0.137. The first kappa shape index (κ1) is 22.0. The number of nitrogens with zero attached hydrogens (tertiary/aromatic N) is 1. The second kappa shape index (κ2) is 8.35. The van der Waals surface area contributed by atoms with Crippen LogP contribution in [0.1, 0.15) is 32.1 Å². The number of carbonyl (C=O) groups excluding carboxylic acids is 1. The number of fused-ring (bicyclic) bond motifs is 1. The molecular formula is C24H26N2O5S. The molecule has 0 radical (unpaired) electrons. The summed E-state index contributed by atoms with van der Waals surface area (Å²) in [5.74, 6) is 0.528. The summed E-state index contributed by atoms with van der Waals surface area (Å²) < 4.78 is 39.6. The first-order valence-corrected chi connectivity index (χ1v) is 11.8. The molecule has 1 amide bonds. The number of sulfonamides is 1. The Morgan fingerprint density at radius 1 is 1.09 bits per heavy atom. The molecule has 2 aromatic carbocycles. The van der Waals surface area contributed by atoms with Crippen molar-refractivity contribution in [2.24, 2.45) is 0 Å². The van der Waals surface area contributed by atoms with Crippen LogP contribution in [-0.2, 0) is 26.8 Å². The minimum Gasteiger partial charge on any atom is -0.476 e. The fraction of sp³-hybridized carbons (Fsp3) is 0.292. The van der Waals surface area contributed by atoms with Crippen LogP contribution in [0, 0.1) is 0 Å². The van der Waals surface area contributed by atoms with E-state index in [2.05, 4.69) is 26.1 Å². The largest absolute Gasteiger partial charge is 0.476 e. The van der Waals surface area contributed by atoms with Crippen molar-refractivity contribution in [1.82, 2.24) is 5.32 Å². The van der Waals surface area contributed by atoms with Crippen LogP contribution < -0.4 is 14.4 Å². The third-order valence-electron chi connectivity index (χ3n) is 5.34. The van der Waals surface area contributed by atoms with E-state index in [1.807, 2.05) is 12.1 Å². The number of carbonyl (C=O) groups is 1. The summed E-state index contributed by atoms with van der Waals surface area (Å²) in [5, 5.41) is 2.75. The van der Waals surface area contributed by atoms with Gasteiger partial charge in [-0.25, -0.2) is 8.42 Å². The maximum absolute atomic E-state index is 13.5. The number of hydrogen-bond donors (Lipinski definition) is 1. The normalized spacial score (nSPS) is 16.2. The van der Waals surface area contributed by atoms with Crippen molar-refractivity contribution >= 4 is 21.6 Å². The van der Waals surface area contributed by atoms with Gasteiger partial charge in [-0.2, -0.15) is 0 Å². The molecule has 1 aromatic heterocycles. The molecule has 0 fully saturated rings. The quantitative estimate of drug-likeness (QED) is 0.633. The Balaban J connectivity index is 1.70. The zero-order valence-corrected chi connectivity index (χ0v) is 19.1. The van der Waals surface area contributed by atoms with Gasteiger partial charge in [0.2, 0.25) is 0 Å². The van der Waals surface area contributed by atoms with Crippen molar-refractivity contribution in [1.29, 1.82) is 0 Å². The molecule has 0 saturated carbocycles. The van der Waals surface area contributed by atoms with Crippen LogP contribution in [0.5, 0.6) is 5.75 Å². The van der Waals surface area contributed by atoms with Crippen LogP contribution in [0.15, 0.2) is 76.2 Å². The number of furan rings is 1. The maximum Gasteiger partial charge on any atom is 0.264 e. The fourth-order valence-electron chi connectivity index (χ4n) is 3.50. The smallest absolute Gasteiger partial charge is 0.264 e. The van der Waals surface area contributed by atoms with Gasteiger partial charge < -0.3 is 14.5 Å². The highest BCUT2D eigenvalue weighted by atomic mass is 32.2. The number of benzene rings is 2. The van der Waals surface area contributed by atoms with Crippen LogP contribution in [0.2, 0.25) is 0 Å². The predicted octanol–water partition coefficient (Wildman–Crippen LogP) is 3.85. The van der Waals surface area contributed by atoms with Gasteiger partial charge in [0.15, 0.2) is 6.10 Å². The van der Waals surface area contributed by atoms with Gasteiger partial charge in [0.05, 0.1) is 29.9 Å². The summed E-state index contributed by atoms with van der Waals surface area (Å²) in [5.41, 5.74) is 1.21. The Labute approximate surface area is 188 Å². The lowest BCUT2D eigenvalue weighted by atomic mass is 9.86. The number of anilines is 1. The van der Waals surface area contributed by atoms with Crippen LogP contribution in [0.4, 0.5) is 5.69 Å². The lowest BCUT2D eigenvalue weighted by Gasteiger charge is -2.36. The Morgan fingerprint density at radius 3 is 2.50 bits per heavy atom. The Hall–Kier alpha value is -3.26. The van der Waals surface area contributed by atoms with E-state index in [0.717, 1.165) is 5.56 Å². The second-order valence-corrected chi connectivity index (χ2v) is 10.5. The van der Waals surface area contributed by atoms with Gasteiger partial charge in [-0.15, -0.1) is 0 Å². The SMILES string of the molecule is CC(C)(C)c1ccc2c(c1)N(S(=O)(=O)c1ccccc1)C[C@@H](C(=O)NCc1ccco1)O2. The van der Waals surface area contributed by atoms with E-state index in [4.69, 9.17) is 9.15 Å². The van der Waals surface area contributed by atoms with Crippen molar-refractivity contribution in [2.75, 3.05) is 10.8 Å². The summed E-state index contributed by atoms with van der Waals surface area (Å²) in [6.07, 6.45) is 0.520. The average Bonchev–Trinajstić information content (AvgIpc) is 3.30. The molecule has 4 rings (SSSR count). The van der Waals surface area contributed by atoms with Gasteiger partial charge in [0.25, 0.3) is 15.9 Å². The second-order valence-electron chi connectivity index (χ2n) is 8.69. The van der Waals surface area contributed by atoms with E-state index in [9.17, 15) is 13.2 Å². The molecule has 0 spiro atoms. The average molecular weight is 455 g/mol. The lowest BCUT2D eigenvalue weighted by molar-refractivity contribution is -0.128. The van der Waals surface area contributed by atoms with E-state index in [-0.39, 0.29) is 23.4 Å². The van der Waals surface area contributed by atoms with Crippen LogP contribution in [0.25, 0.3) is 0 Å². The molecule has 8 heteroatoms. The number of amides is 1. The number of hydrogen-bond acceptors (Lipinski definition) is 5. The first-order valence-electron chi connectivity index (χ1n) is 10.4. The van der Waals surface area contributed by atoms with E-state index in [1.54, 1.807) is 48.5 Å². The van der Waals surface area contributed by atoms with Gasteiger partial charge in [0.1, 0.15) is 11.5 Å². The summed E-state index contributed by atoms with van der Waals surface area (Å²) in [6, 6.07) is 17.1. The molecule has 0 bridgehead atoms. The molecule has 1 atom stereocenters. The molecule has 168 valence electrons. The lowest BCUT2D eigenvalue weighted by Crippen LogP contribution is -2.50. The number of ether oxygens (including phenoxy) is 1. The zero-order valence-electron chi connectivity index (χ0n) is 18.2. The Morgan fingerprint density at radius 2 is 1.84 bits per heavy atom. The van der Waals surface area contributed by atoms with Crippen molar-refractivity contribution < 1.29 is 22.4 Å². The summed E-state index contributed by atoms with van der Waals surface area (Å²) in [7, 11) is -3.91. The van der Waals surface area contributed by atoms with E-state index < -0.39 is 22.0 Å². The van der Waals surface area contributed by atoms with E-state index in [0.29, 0.717) is 17.2 Å². The van der Waals surface area contributed by atoms with Crippen molar-refractivity contribution in [2.45, 2.75) is 43.7 Å². The molecule has 1 N–H and O–H groups in total. The predicted molar refractivity (Wildman–Crippen MR) is 121 cm³/mol. The van der Waals surface area contributed by atoms with Gasteiger partial charge in [0, 0.05) is 0 Å². The third-order valence-corrected chi connectivity index (χ3v) is 7.13. The molecular weight excluding hydrogens is 428 g/mol. The van der Waals surface area contributed by atoms with Crippen LogP contribution >= 0.6 is 0 Å². The van der Waals surface area contributed by atoms with E-state index in [1.165, 1.54) is 10.6 Å². The molecule has 1 aliphatic heterocycles. The van der Waals surface area contributed by atoms with Crippen LogP contribution in [0.3, 0.4) is 0 Å². The first-order chi connectivity index (χ1) is 15.2. The number of rotatable bonds is 5. The van der Waals surface area contributed by atoms with Gasteiger partial charge in [-0.3, -0.25) is 9.10 Å². The van der Waals surface area contributed by atoms with Crippen LogP contribution in [-0.4, -0.2) is 27.0 Å². The van der Waals surface area contributed by atoms with E-state index >= 15 is 0 Å². The fourth-order valence-corrected chi connectivity index (χ4v) is 4.99. The molecule has 3 aromatic rings. The molecule has 0 aliphatic carbocycles. The topological polar surface area (TPSA) is 88.9 Å². The molecule has 0 unspecified atom stereocenters. The highest BCUT2D eigenvalue weighted by Crippen LogP contribution is 2.40. The summed E-state index contributed by atoms with van der Waals surface area (Å²) in [4.78, 5) is 13.0. The Kier molecular flexibility index (Phi) is 5.73. The Bertz CT molecular complexity index is 1200. The van der Waals surface area contributed by atoms with Gasteiger partial charge in [-0.1, -0.05) is 45.0 Å². The van der Waals surface area contributed by atoms with Crippen molar-refractivity contribution in [3.8, 4) is 5.75 Å². The molecule has 0 saturated heterocycles. The zero-order chi connectivity index (χ0) is 22.9. The standard InChI is InChI=1S/C24H26N2O5S/c1-24(2,3)17-11-12-21-20(14-17)26(32(28,29)19-9-5-4-6-10-19)16-22(31-21)23(27)25-15-18-8-7-13-30-18/h4-14,22H,15-16H2,1-3H3,(H,25,27)/t22-/m0/s1. The highest BCUT2D eigenvalue weighted by molar-refractivity contribution is 7.92. The molecule has 2 heterocycles. The number of nitrogens with one attached hydrogen (secondary N) is 1. The molecule has 7 nitrogen and oxygen atoms in total. The highest BCUT2D eigenvalue weighted by Gasteiger charge is 2.38. The summed E-state index contributed by atoms with van der Waals surface area (Å²) >= 11 is 0. The third kappa shape index (κ3) is 4.36. The molecule has 1 aliphatic rings. The minimum atomic E-state index is -3.91. The van der Waals surface area contributed by atoms with Crippen molar-refractivity contribution in [3.05, 3.63) is 78.3 Å².